The second kappa shape index (κ2) is 7.87. The molecule has 0 radical (unpaired) electrons. The van der Waals surface area contributed by atoms with Gasteiger partial charge in [-0.2, -0.15) is 0 Å². The number of carbonyl (C=O) groups is 5. The predicted molar refractivity (Wildman–Crippen MR) is 128 cm³/mol. The summed E-state index contributed by atoms with van der Waals surface area (Å²) in [6.45, 7) is 4.99. The van der Waals surface area contributed by atoms with Gasteiger partial charge in [-0.05, 0) is 44.5 Å². The monoisotopic (exact) mass is 488 g/mol. The van der Waals surface area contributed by atoms with E-state index in [1.807, 2.05) is 0 Å². The van der Waals surface area contributed by atoms with Crippen LogP contribution in [0.25, 0.3) is 0 Å². The van der Waals surface area contributed by atoms with Crippen LogP contribution in [0.15, 0.2) is 66.2 Å². The zero-order valence-corrected chi connectivity index (χ0v) is 20.2. The Kier molecular flexibility index (Phi) is 5.13. The van der Waals surface area contributed by atoms with Crippen molar-refractivity contribution in [2.24, 2.45) is 11.8 Å². The highest BCUT2D eigenvalue weighted by Crippen LogP contribution is 2.59. The summed E-state index contributed by atoms with van der Waals surface area (Å²) >= 11 is 0. The van der Waals surface area contributed by atoms with Crippen molar-refractivity contribution in [3.05, 3.63) is 71.8 Å². The van der Waals surface area contributed by atoms with Gasteiger partial charge in [-0.1, -0.05) is 42.5 Å². The molecule has 9 nitrogen and oxygen atoms in total. The fourth-order valence-electron chi connectivity index (χ4n) is 5.42. The lowest BCUT2D eigenvalue weighted by Crippen LogP contribution is -2.52. The van der Waals surface area contributed by atoms with Crippen LogP contribution in [0.3, 0.4) is 0 Å². The molecule has 1 spiro atoms. The molecule has 0 bridgehead atoms. The minimum Gasteiger partial charge on any atom is -0.466 e. The minimum absolute atomic E-state index is 0.141. The van der Waals surface area contributed by atoms with Crippen LogP contribution in [-0.4, -0.2) is 42.5 Å². The average Bonchev–Trinajstić information content (AvgIpc) is 3.41. The van der Waals surface area contributed by atoms with Crippen LogP contribution < -0.4 is 9.80 Å². The average molecular weight is 488 g/mol. The van der Waals surface area contributed by atoms with Crippen LogP contribution in [0.1, 0.15) is 26.3 Å². The largest absolute Gasteiger partial charge is 0.466 e. The molecule has 5 rings (SSSR count). The van der Waals surface area contributed by atoms with Gasteiger partial charge in [0, 0.05) is 0 Å². The number of para-hydroxylation sites is 2. The van der Waals surface area contributed by atoms with Gasteiger partial charge in [0.2, 0.25) is 11.8 Å². The van der Waals surface area contributed by atoms with Crippen LogP contribution in [0.4, 0.5) is 16.2 Å². The molecule has 3 atom stereocenters. The molecule has 2 aromatic rings. The summed E-state index contributed by atoms with van der Waals surface area (Å²) in [4.78, 5) is 69.8. The van der Waals surface area contributed by atoms with E-state index in [-0.39, 0.29) is 16.8 Å². The number of anilines is 2. The highest BCUT2D eigenvalue weighted by molar-refractivity contribution is 6.32. The van der Waals surface area contributed by atoms with E-state index in [1.165, 1.54) is 6.08 Å². The van der Waals surface area contributed by atoms with Crippen LogP contribution in [0.5, 0.6) is 0 Å². The Morgan fingerprint density at radius 3 is 2.19 bits per heavy atom. The van der Waals surface area contributed by atoms with Gasteiger partial charge >= 0.3 is 12.1 Å². The molecule has 3 aliphatic rings. The Bertz CT molecular complexity index is 1360. The molecule has 1 saturated heterocycles. The van der Waals surface area contributed by atoms with E-state index in [0.29, 0.717) is 5.69 Å². The van der Waals surface area contributed by atoms with Crippen molar-refractivity contribution in [2.45, 2.75) is 31.8 Å². The van der Waals surface area contributed by atoms with Gasteiger partial charge in [0.15, 0.2) is 0 Å². The summed E-state index contributed by atoms with van der Waals surface area (Å²) < 4.78 is 10.5. The Morgan fingerprint density at radius 2 is 1.56 bits per heavy atom. The number of benzene rings is 2. The van der Waals surface area contributed by atoms with E-state index in [0.717, 1.165) is 16.9 Å². The maximum Gasteiger partial charge on any atom is 0.421 e. The third-order valence-electron chi connectivity index (χ3n) is 6.69. The van der Waals surface area contributed by atoms with Crippen molar-refractivity contribution in [2.75, 3.05) is 16.9 Å². The summed E-state index contributed by atoms with van der Waals surface area (Å²) in [5, 5.41) is 0. The first-order valence-electron chi connectivity index (χ1n) is 11.4. The molecule has 9 heteroatoms. The first-order valence-corrected chi connectivity index (χ1v) is 11.4. The molecule has 4 amide bonds. The standard InChI is InChI=1S/C27H24N2O7/c1-26(2,3)36-25(34)29-19-13-9-8-12-17(19)27(24(29)33)18(23(32)35-4)14-16-20(27)22(31)28(21(16)30)15-10-6-5-7-11-15/h5-14,16,20H,1-4H3/t16-,20+,27-/m0/s1. The molecule has 0 saturated carbocycles. The maximum absolute atomic E-state index is 14.3. The van der Waals surface area contributed by atoms with Crippen molar-refractivity contribution in [1.82, 2.24) is 0 Å². The van der Waals surface area contributed by atoms with Gasteiger partial charge in [0.1, 0.15) is 11.0 Å². The van der Waals surface area contributed by atoms with Crippen LogP contribution in [-0.2, 0) is 34.1 Å². The summed E-state index contributed by atoms with van der Waals surface area (Å²) in [6, 6.07) is 14.8. The first kappa shape index (κ1) is 23.5. The third-order valence-corrected chi connectivity index (χ3v) is 6.69. The summed E-state index contributed by atoms with van der Waals surface area (Å²) in [7, 11) is 1.15. The Balaban J connectivity index is 1.73. The number of fused-ring (bicyclic) bond motifs is 4. The van der Waals surface area contributed by atoms with E-state index in [9.17, 15) is 24.0 Å². The van der Waals surface area contributed by atoms with Crippen molar-refractivity contribution >= 4 is 41.2 Å². The molecule has 184 valence electrons. The number of carbonyl (C=O) groups excluding carboxylic acids is 5. The number of nitrogens with zero attached hydrogens (tertiary/aromatic N) is 2. The van der Waals surface area contributed by atoms with E-state index in [4.69, 9.17) is 9.47 Å². The molecule has 0 unspecified atom stereocenters. The van der Waals surface area contributed by atoms with Gasteiger partial charge < -0.3 is 9.47 Å². The molecule has 1 fully saturated rings. The van der Waals surface area contributed by atoms with Gasteiger partial charge in [-0.15, -0.1) is 0 Å². The van der Waals surface area contributed by atoms with E-state index >= 15 is 0 Å². The van der Waals surface area contributed by atoms with Gasteiger partial charge in [-0.25, -0.2) is 19.4 Å². The molecular weight excluding hydrogens is 464 g/mol. The fourth-order valence-corrected chi connectivity index (χ4v) is 5.42. The number of rotatable bonds is 2. The van der Waals surface area contributed by atoms with E-state index in [1.54, 1.807) is 75.4 Å². The lowest BCUT2D eigenvalue weighted by molar-refractivity contribution is -0.139. The molecule has 0 N–H and O–H groups in total. The van der Waals surface area contributed by atoms with E-state index < -0.39 is 52.6 Å². The number of imide groups is 2. The van der Waals surface area contributed by atoms with Crippen LogP contribution in [0, 0.1) is 11.8 Å². The van der Waals surface area contributed by atoms with Crippen molar-refractivity contribution in [3.8, 4) is 0 Å². The highest BCUT2D eigenvalue weighted by Gasteiger charge is 2.72. The maximum atomic E-state index is 14.3. The SMILES string of the molecule is COC(=O)C1=C[C@@H]2C(=O)N(c3ccccc3)C(=O)[C@@H]2[C@@]12C(=O)N(C(=O)OC(C)(C)C)c1ccccc12. The number of hydrogen-bond donors (Lipinski definition) is 0. The van der Waals surface area contributed by atoms with Crippen LogP contribution in [0.2, 0.25) is 0 Å². The summed E-state index contributed by atoms with van der Waals surface area (Å²) in [6.07, 6.45) is 0.397. The van der Waals surface area contributed by atoms with Gasteiger partial charge in [-0.3, -0.25) is 14.4 Å². The number of hydrogen-bond acceptors (Lipinski definition) is 7. The number of amides is 4. The normalized spacial score (nSPS) is 24.7. The second-order valence-electron chi connectivity index (χ2n) is 9.87. The Morgan fingerprint density at radius 1 is 0.917 bits per heavy atom. The van der Waals surface area contributed by atoms with Crippen LogP contribution >= 0.6 is 0 Å². The van der Waals surface area contributed by atoms with Crippen molar-refractivity contribution < 1.29 is 33.4 Å². The number of ether oxygens (including phenoxy) is 2. The van der Waals surface area contributed by atoms with Crippen molar-refractivity contribution in [3.63, 3.8) is 0 Å². The zero-order chi connectivity index (χ0) is 26.0. The molecule has 2 aliphatic heterocycles. The Labute approximate surface area is 207 Å². The number of methoxy groups -OCH3 is 1. The smallest absolute Gasteiger partial charge is 0.421 e. The topological polar surface area (TPSA) is 110 Å². The lowest BCUT2D eigenvalue weighted by atomic mass is 9.67. The summed E-state index contributed by atoms with van der Waals surface area (Å²) in [5.74, 6) is -5.26. The molecule has 2 heterocycles. The predicted octanol–water partition coefficient (Wildman–Crippen LogP) is 3.12. The van der Waals surface area contributed by atoms with Gasteiger partial charge in [0.05, 0.1) is 35.9 Å². The third kappa shape index (κ3) is 3.05. The molecule has 2 aromatic carbocycles. The van der Waals surface area contributed by atoms with Gasteiger partial charge in [0.25, 0.3) is 5.91 Å². The molecule has 1 aliphatic carbocycles. The van der Waals surface area contributed by atoms with E-state index in [2.05, 4.69) is 0 Å². The fraction of sp³-hybridized carbons (Fsp3) is 0.296. The minimum atomic E-state index is -1.93. The quantitative estimate of drug-likeness (QED) is 0.472. The lowest BCUT2D eigenvalue weighted by Gasteiger charge is -2.31. The first-order chi connectivity index (χ1) is 17.0. The molecule has 0 aromatic heterocycles. The Hall–Kier alpha value is -4.27. The zero-order valence-electron chi connectivity index (χ0n) is 20.2. The van der Waals surface area contributed by atoms with Crippen molar-refractivity contribution in [1.29, 1.82) is 0 Å². The second-order valence-corrected chi connectivity index (χ2v) is 9.87. The highest BCUT2D eigenvalue weighted by atomic mass is 16.6. The molecular formula is C27H24N2O7. The number of esters is 1. The summed E-state index contributed by atoms with van der Waals surface area (Å²) in [5.41, 5.74) is -2.18. The molecule has 36 heavy (non-hydrogen) atoms.